The van der Waals surface area contributed by atoms with Crippen LogP contribution in [0.25, 0.3) is 0 Å². The molecule has 0 saturated carbocycles. The van der Waals surface area contributed by atoms with Gasteiger partial charge < -0.3 is 47.2 Å². The molecule has 3 amide bonds. The molecule has 5 unspecified atom stereocenters. The second-order valence-electron chi connectivity index (χ2n) is 6.59. The van der Waals surface area contributed by atoms with E-state index in [0.717, 1.165) is 6.92 Å². The molecule has 0 aromatic rings. The first-order chi connectivity index (χ1) is 14.6. The molecule has 0 aromatic carbocycles. The molecule has 0 aliphatic carbocycles. The number of aliphatic hydroxyl groups excluding tert-OH is 1. The van der Waals surface area contributed by atoms with Crippen LogP contribution in [0.4, 0.5) is 0 Å². The lowest BCUT2D eigenvalue weighted by molar-refractivity contribution is -0.148. The van der Waals surface area contributed by atoms with Crippen LogP contribution in [0, 0.1) is 0 Å². The first kappa shape index (κ1) is 28.2. The highest BCUT2D eigenvalue weighted by atomic mass is 16.4. The number of nitrogens with two attached hydrogens (primary N) is 1. The average molecular weight is 464 g/mol. The van der Waals surface area contributed by atoms with Gasteiger partial charge in [0.1, 0.15) is 18.1 Å². The van der Waals surface area contributed by atoms with E-state index >= 15 is 0 Å². The number of aliphatic carboxylic acids is 4. The van der Waals surface area contributed by atoms with E-state index in [4.69, 9.17) is 26.2 Å². The van der Waals surface area contributed by atoms with Gasteiger partial charge in [0, 0.05) is 0 Å². The van der Waals surface area contributed by atoms with E-state index in [0.29, 0.717) is 0 Å². The third-order valence-electron chi connectivity index (χ3n) is 3.80. The van der Waals surface area contributed by atoms with Crippen LogP contribution in [-0.2, 0) is 33.6 Å². The van der Waals surface area contributed by atoms with Crippen molar-refractivity contribution in [3.8, 4) is 0 Å². The largest absolute Gasteiger partial charge is 0.481 e. The van der Waals surface area contributed by atoms with E-state index in [1.54, 1.807) is 5.32 Å². The lowest BCUT2D eigenvalue weighted by Gasteiger charge is -2.25. The Morgan fingerprint density at radius 1 is 0.688 bits per heavy atom. The van der Waals surface area contributed by atoms with Gasteiger partial charge in [-0.25, -0.2) is 4.79 Å². The van der Waals surface area contributed by atoms with Gasteiger partial charge in [-0.2, -0.15) is 0 Å². The maximum Gasteiger partial charge on any atom is 0.326 e. The number of rotatable bonds is 14. The molecule has 0 bridgehead atoms. The number of carbonyl (C=O) groups is 7. The third-order valence-corrected chi connectivity index (χ3v) is 3.80. The van der Waals surface area contributed by atoms with Crippen LogP contribution in [0.2, 0.25) is 0 Å². The van der Waals surface area contributed by atoms with Crippen molar-refractivity contribution in [3.05, 3.63) is 0 Å². The second-order valence-corrected chi connectivity index (χ2v) is 6.59. The highest BCUT2D eigenvalue weighted by Crippen LogP contribution is 2.02. The van der Waals surface area contributed by atoms with Crippen molar-refractivity contribution >= 4 is 41.6 Å². The Labute approximate surface area is 179 Å². The minimum atomic E-state index is -1.94. The summed E-state index contributed by atoms with van der Waals surface area (Å²) in [6.45, 7) is 1.05. The van der Waals surface area contributed by atoms with Crippen LogP contribution in [0.5, 0.6) is 0 Å². The zero-order chi connectivity index (χ0) is 25.2. The van der Waals surface area contributed by atoms with E-state index in [2.05, 4.69) is 0 Å². The van der Waals surface area contributed by atoms with Crippen molar-refractivity contribution in [2.75, 3.05) is 0 Å². The van der Waals surface area contributed by atoms with Gasteiger partial charge in [-0.3, -0.25) is 28.8 Å². The molecule has 16 nitrogen and oxygen atoms in total. The number of aliphatic hydroxyl groups is 1. The SMILES string of the molecule is CC(O)C(NC(=O)C(N)CC(=O)O)C(=O)NC(CC(=O)O)C(=O)NC(CC(=O)O)C(=O)O. The fourth-order valence-electron chi connectivity index (χ4n) is 2.24. The van der Waals surface area contributed by atoms with Crippen LogP contribution in [-0.4, -0.2) is 97.4 Å². The van der Waals surface area contributed by atoms with E-state index < -0.39 is 91.1 Å². The van der Waals surface area contributed by atoms with E-state index in [9.17, 15) is 38.7 Å². The van der Waals surface area contributed by atoms with Crippen molar-refractivity contribution < 1.29 is 59.1 Å². The molecule has 0 aliphatic heterocycles. The Morgan fingerprint density at radius 3 is 1.53 bits per heavy atom. The summed E-state index contributed by atoms with van der Waals surface area (Å²) in [7, 11) is 0. The van der Waals surface area contributed by atoms with Crippen molar-refractivity contribution in [2.45, 2.75) is 56.5 Å². The zero-order valence-electron chi connectivity index (χ0n) is 16.7. The summed E-state index contributed by atoms with van der Waals surface area (Å²) in [4.78, 5) is 80.1. The highest BCUT2D eigenvalue weighted by molar-refractivity contribution is 5.96. The second kappa shape index (κ2) is 12.8. The number of carbonyl (C=O) groups excluding carboxylic acids is 3. The normalized spacial score (nSPS) is 15.2. The van der Waals surface area contributed by atoms with Crippen LogP contribution in [0.1, 0.15) is 26.2 Å². The van der Waals surface area contributed by atoms with E-state index in [1.807, 2.05) is 10.6 Å². The molecule has 32 heavy (non-hydrogen) atoms. The number of hydrogen-bond donors (Lipinski definition) is 9. The first-order valence-corrected chi connectivity index (χ1v) is 8.88. The molecule has 180 valence electrons. The van der Waals surface area contributed by atoms with Gasteiger partial charge in [-0.05, 0) is 6.92 Å². The first-order valence-electron chi connectivity index (χ1n) is 8.88. The molecule has 0 heterocycles. The maximum absolute atomic E-state index is 12.4. The van der Waals surface area contributed by atoms with Crippen molar-refractivity contribution in [2.24, 2.45) is 5.73 Å². The zero-order valence-corrected chi connectivity index (χ0v) is 16.7. The Morgan fingerprint density at radius 2 is 1.12 bits per heavy atom. The number of nitrogens with one attached hydrogen (secondary N) is 3. The highest BCUT2D eigenvalue weighted by Gasteiger charge is 2.34. The molecular formula is C16H24N4O12. The molecular weight excluding hydrogens is 440 g/mol. The molecule has 0 spiro atoms. The number of carboxylic acids is 4. The molecule has 0 aromatic heterocycles. The Bertz CT molecular complexity index is 768. The van der Waals surface area contributed by atoms with E-state index in [-0.39, 0.29) is 0 Å². The predicted octanol–water partition coefficient (Wildman–Crippen LogP) is -4.34. The lowest BCUT2D eigenvalue weighted by Crippen LogP contribution is -2.60. The standard InChI is InChI=1S/C16H24N4O12/c1-5(21)12(20-13(28)6(17)2-9(22)23)15(30)18-7(3-10(24)25)14(29)19-8(16(31)32)4-11(26)27/h5-8,12,21H,2-4,17H2,1H3,(H,18,30)(H,19,29)(H,20,28)(H,22,23)(H,24,25)(H,26,27)(H,31,32). The molecule has 16 heteroatoms. The molecule has 10 N–H and O–H groups in total. The summed E-state index contributed by atoms with van der Waals surface area (Å²) >= 11 is 0. The summed E-state index contributed by atoms with van der Waals surface area (Å²) in [6, 6.07) is -7.23. The van der Waals surface area contributed by atoms with Gasteiger partial charge >= 0.3 is 23.9 Å². The Balaban J connectivity index is 5.49. The molecule has 0 rings (SSSR count). The molecule has 0 saturated heterocycles. The van der Waals surface area contributed by atoms with Crippen molar-refractivity contribution in [1.29, 1.82) is 0 Å². The van der Waals surface area contributed by atoms with Crippen LogP contribution in [0.15, 0.2) is 0 Å². The van der Waals surface area contributed by atoms with Gasteiger partial charge in [0.05, 0.1) is 31.4 Å². The summed E-state index contributed by atoms with van der Waals surface area (Å²) in [5.74, 6) is -10.1. The quantitative estimate of drug-likeness (QED) is 0.118. The molecule has 0 fully saturated rings. The molecule has 0 aliphatic rings. The maximum atomic E-state index is 12.4. The third kappa shape index (κ3) is 10.3. The van der Waals surface area contributed by atoms with Crippen LogP contribution in [0.3, 0.4) is 0 Å². The van der Waals surface area contributed by atoms with Crippen molar-refractivity contribution in [3.63, 3.8) is 0 Å². The Kier molecular flexibility index (Phi) is 11.3. The van der Waals surface area contributed by atoms with Crippen LogP contribution >= 0.6 is 0 Å². The van der Waals surface area contributed by atoms with Gasteiger partial charge in [0.15, 0.2) is 0 Å². The smallest absolute Gasteiger partial charge is 0.326 e. The fraction of sp³-hybridized carbons (Fsp3) is 0.562. The van der Waals surface area contributed by atoms with Crippen LogP contribution < -0.4 is 21.7 Å². The van der Waals surface area contributed by atoms with Gasteiger partial charge in [0.25, 0.3) is 0 Å². The average Bonchev–Trinajstić information content (AvgIpc) is 2.62. The Hall–Kier alpha value is -3.79. The topological polar surface area (TPSA) is 283 Å². The summed E-state index contributed by atoms with van der Waals surface area (Å²) < 4.78 is 0. The summed E-state index contributed by atoms with van der Waals surface area (Å²) in [5, 5.41) is 50.7. The monoisotopic (exact) mass is 464 g/mol. The minimum Gasteiger partial charge on any atom is -0.481 e. The summed E-state index contributed by atoms with van der Waals surface area (Å²) in [6.07, 6.45) is -4.51. The van der Waals surface area contributed by atoms with Gasteiger partial charge in [0.2, 0.25) is 17.7 Å². The molecule has 5 atom stereocenters. The predicted molar refractivity (Wildman–Crippen MR) is 99.8 cm³/mol. The lowest BCUT2D eigenvalue weighted by atomic mass is 10.1. The number of carboxylic acid groups (broad SMARTS) is 4. The minimum absolute atomic E-state index is 0.801. The number of amides is 3. The van der Waals surface area contributed by atoms with E-state index in [1.165, 1.54) is 0 Å². The van der Waals surface area contributed by atoms with Gasteiger partial charge in [-0.1, -0.05) is 0 Å². The molecule has 0 radical (unpaired) electrons. The van der Waals surface area contributed by atoms with Gasteiger partial charge in [-0.15, -0.1) is 0 Å². The fourth-order valence-corrected chi connectivity index (χ4v) is 2.24. The number of hydrogen-bond acceptors (Lipinski definition) is 9. The summed E-state index contributed by atoms with van der Waals surface area (Å²) in [5.41, 5.74) is 5.35. The van der Waals surface area contributed by atoms with Crippen molar-refractivity contribution in [1.82, 2.24) is 16.0 Å².